The fourth-order valence-electron chi connectivity index (χ4n) is 2.36. The monoisotopic (exact) mass is 292 g/mol. The molecule has 0 bridgehead atoms. The van der Waals surface area contributed by atoms with Crippen LogP contribution in [0.2, 0.25) is 0 Å². The zero-order chi connectivity index (χ0) is 15.3. The maximum Gasteiger partial charge on any atom is 0.138 e. The van der Waals surface area contributed by atoms with E-state index in [2.05, 4.69) is 48.3 Å². The Kier molecular flexibility index (Phi) is 5.39. The summed E-state index contributed by atoms with van der Waals surface area (Å²) in [7, 11) is 0. The fourth-order valence-corrected chi connectivity index (χ4v) is 2.36. The van der Waals surface area contributed by atoms with Crippen molar-refractivity contribution in [3.8, 4) is 0 Å². The smallest absolute Gasteiger partial charge is 0.138 e. The molecule has 1 unspecified atom stereocenters. The molecule has 2 N–H and O–H groups in total. The van der Waals surface area contributed by atoms with E-state index < -0.39 is 0 Å². The average Bonchev–Trinajstić information content (AvgIpc) is 2.91. The number of anilines is 2. The van der Waals surface area contributed by atoms with Crippen LogP contribution >= 0.6 is 0 Å². The van der Waals surface area contributed by atoms with E-state index in [1.165, 1.54) is 6.42 Å². The van der Waals surface area contributed by atoms with Crippen LogP contribution in [-0.4, -0.2) is 36.3 Å². The van der Waals surface area contributed by atoms with Crippen molar-refractivity contribution in [2.24, 2.45) is 5.92 Å². The number of hydrogen-bond acceptors (Lipinski definition) is 5. The molecule has 1 aliphatic rings. The van der Waals surface area contributed by atoms with Gasteiger partial charge in [0.15, 0.2) is 0 Å². The van der Waals surface area contributed by atoms with Crippen molar-refractivity contribution in [2.45, 2.75) is 46.0 Å². The van der Waals surface area contributed by atoms with E-state index in [0.717, 1.165) is 50.2 Å². The highest BCUT2D eigenvalue weighted by Crippen LogP contribution is 2.23. The van der Waals surface area contributed by atoms with Crippen LogP contribution in [0.25, 0.3) is 0 Å². The van der Waals surface area contributed by atoms with Gasteiger partial charge in [-0.05, 0) is 25.7 Å². The summed E-state index contributed by atoms with van der Waals surface area (Å²) in [6, 6.07) is 1.99. The van der Waals surface area contributed by atoms with Crippen LogP contribution in [0, 0.1) is 5.92 Å². The van der Waals surface area contributed by atoms with Crippen molar-refractivity contribution in [1.29, 1.82) is 0 Å². The summed E-state index contributed by atoms with van der Waals surface area (Å²) in [5.41, 5.74) is -0.0544. The van der Waals surface area contributed by atoms with Crippen molar-refractivity contribution >= 4 is 11.6 Å². The van der Waals surface area contributed by atoms with Gasteiger partial charge in [0.25, 0.3) is 0 Å². The standard InChI is InChI=1S/C16H28N4O/c1-5-17-13-10-14(20-15(19-13)16(2,3)4)18-8-6-12-7-9-21-11-12/h10,12H,5-9,11H2,1-4H3,(H2,17,18,19,20). The van der Waals surface area contributed by atoms with Crippen molar-refractivity contribution in [2.75, 3.05) is 36.9 Å². The van der Waals surface area contributed by atoms with Crippen LogP contribution in [-0.2, 0) is 10.2 Å². The van der Waals surface area contributed by atoms with E-state index in [-0.39, 0.29) is 5.41 Å². The summed E-state index contributed by atoms with van der Waals surface area (Å²) in [5.74, 6) is 3.36. The number of nitrogens with one attached hydrogen (secondary N) is 2. The third-order valence-corrected chi connectivity index (χ3v) is 3.64. The number of aromatic nitrogens is 2. The first-order valence-electron chi connectivity index (χ1n) is 7.94. The summed E-state index contributed by atoms with van der Waals surface area (Å²) >= 11 is 0. The van der Waals surface area contributed by atoms with Gasteiger partial charge in [-0.3, -0.25) is 0 Å². The molecule has 0 radical (unpaired) electrons. The average molecular weight is 292 g/mol. The Labute approximate surface area is 127 Å². The van der Waals surface area contributed by atoms with Gasteiger partial charge in [0.1, 0.15) is 17.5 Å². The Morgan fingerprint density at radius 3 is 2.52 bits per heavy atom. The summed E-state index contributed by atoms with van der Waals surface area (Å²) < 4.78 is 5.41. The van der Waals surface area contributed by atoms with Crippen LogP contribution in [0.1, 0.15) is 46.4 Å². The first-order valence-corrected chi connectivity index (χ1v) is 7.94. The third kappa shape index (κ3) is 4.84. The molecule has 21 heavy (non-hydrogen) atoms. The molecular formula is C16H28N4O. The molecule has 5 nitrogen and oxygen atoms in total. The van der Waals surface area contributed by atoms with E-state index in [4.69, 9.17) is 4.74 Å². The molecule has 0 amide bonds. The van der Waals surface area contributed by atoms with Gasteiger partial charge < -0.3 is 15.4 Å². The van der Waals surface area contributed by atoms with E-state index in [0.29, 0.717) is 5.92 Å². The normalized spacial score (nSPS) is 18.8. The minimum atomic E-state index is -0.0544. The van der Waals surface area contributed by atoms with E-state index in [9.17, 15) is 0 Å². The zero-order valence-electron chi connectivity index (χ0n) is 13.7. The van der Waals surface area contributed by atoms with Crippen molar-refractivity contribution in [3.05, 3.63) is 11.9 Å². The maximum absolute atomic E-state index is 5.41. The quantitative estimate of drug-likeness (QED) is 0.844. The molecule has 1 saturated heterocycles. The predicted molar refractivity (Wildman–Crippen MR) is 86.9 cm³/mol. The Bertz CT molecular complexity index is 450. The molecule has 1 aromatic rings. The van der Waals surface area contributed by atoms with Crippen molar-refractivity contribution in [1.82, 2.24) is 9.97 Å². The SMILES string of the molecule is CCNc1cc(NCCC2CCOC2)nc(C(C)(C)C)n1. The van der Waals surface area contributed by atoms with Crippen molar-refractivity contribution < 1.29 is 4.74 Å². The molecule has 0 saturated carbocycles. The van der Waals surface area contributed by atoms with Crippen LogP contribution in [0.15, 0.2) is 6.07 Å². The summed E-state index contributed by atoms with van der Waals surface area (Å²) in [6.45, 7) is 12.1. The van der Waals surface area contributed by atoms with Gasteiger partial charge in [0.2, 0.25) is 0 Å². The van der Waals surface area contributed by atoms with Gasteiger partial charge in [-0.2, -0.15) is 0 Å². The van der Waals surface area contributed by atoms with Crippen LogP contribution < -0.4 is 10.6 Å². The molecule has 0 aliphatic carbocycles. The lowest BCUT2D eigenvalue weighted by molar-refractivity contribution is 0.185. The number of hydrogen-bond donors (Lipinski definition) is 2. The number of ether oxygens (including phenoxy) is 1. The largest absolute Gasteiger partial charge is 0.381 e. The summed E-state index contributed by atoms with van der Waals surface area (Å²) in [4.78, 5) is 9.26. The van der Waals surface area contributed by atoms with E-state index >= 15 is 0 Å². The molecule has 1 atom stereocenters. The predicted octanol–water partition coefficient (Wildman–Crippen LogP) is 3.04. The lowest BCUT2D eigenvalue weighted by atomic mass is 9.96. The van der Waals surface area contributed by atoms with Gasteiger partial charge in [0.05, 0.1) is 0 Å². The Hall–Kier alpha value is -1.36. The minimum Gasteiger partial charge on any atom is -0.381 e. The minimum absolute atomic E-state index is 0.0544. The zero-order valence-corrected chi connectivity index (χ0v) is 13.7. The molecule has 2 rings (SSSR count). The molecule has 0 spiro atoms. The molecule has 118 valence electrons. The molecule has 0 aromatic carbocycles. The summed E-state index contributed by atoms with van der Waals surface area (Å²) in [6.07, 6.45) is 2.31. The Morgan fingerprint density at radius 1 is 1.24 bits per heavy atom. The topological polar surface area (TPSA) is 59.1 Å². The molecule has 1 aliphatic heterocycles. The van der Waals surface area contributed by atoms with E-state index in [1.54, 1.807) is 0 Å². The second kappa shape index (κ2) is 7.07. The first-order chi connectivity index (χ1) is 9.99. The van der Waals surface area contributed by atoms with Crippen LogP contribution in [0.5, 0.6) is 0 Å². The number of nitrogens with zero attached hydrogens (tertiary/aromatic N) is 2. The van der Waals surface area contributed by atoms with Gasteiger partial charge in [-0.25, -0.2) is 9.97 Å². The number of rotatable bonds is 6. The van der Waals surface area contributed by atoms with Gasteiger partial charge in [-0.1, -0.05) is 20.8 Å². The van der Waals surface area contributed by atoms with Crippen LogP contribution in [0.4, 0.5) is 11.6 Å². The van der Waals surface area contributed by atoms with E-state index in [1.807, 2.05) is 6.07 Å². The first kappa shape index (κ1) is 16.0. The highest BCUT2D eigenvalue weighted by Gasteiger charge is 2.19. The Morgan fingerprint density at radius 2 is 1.95 bits per heavy atom. The molecule has 1 aromatic heterocycles. The van der Waals surface area contributed by atoms with Gasteiger partial charge >= 0.3 is 0 Å². The lowest BCUT2D eigenvalue weighted by Crippen LogP contribution is -2.19. The molecule has 1 fully saturated rings. The maximum atomic E-state index is 5.41. The lowest BCUT2D eigenvalue weighted by Gasteiger charge is -2.19. The third-order valence-electron chi connectivity index (χ3n) is 3.64. The van der Waals surface area contributed by atoms with Gasteiger partial charge in [-0.15, -0.1) is 0 Å². The molecule has 2 heterocycles. The van der Waals surface area contributed by atoms with Gasteiger partial charge in [0, 0.05) is 37.8 Å². The second-order valence-electron chi connectivity index (χ2n) is 6.69. The molecule has 5 heteroatoms. The fraction of sp³-hybridized carbons (Fsp3) is 0.750. The highest BCUT2D eigenvalue weighted by molar-refractivity contribution is 5.48. The highest BCUT2D eigenvalue weighted by atomic mass is 16.5. The Balaban J connectivity index is 2.00. The second-order valence-corrected chi connectivity index (χ2v) is 6.69. The van der Waals surface area contributed by atoms with Crippen LogP contribution in [0.3, 0.4) is 0 Å². The summed E-state index contributed by atoms with van der Waals surface area (Å²) in [5, 5.41) is 6.72. The molecular weight excluding hydrogens is 264 g/mol. The van der Waals surface area contributed by atoms with Crippen molar-refractivity contribution in [3.63, 3.8) is 0 Å².